The van der Waals surface area contributed by atoms with Crippen molar-refractivity contribution in [2.24, 2.45) is 0 Å². The third-order valence-electron chi connectivity index (χ3n) is 2.70. The van der Waals surface area contributed by atoms with E-state index in [9.17, 15) is 8.78 Å². The second kappa shape index (κ2) is 5.41. The van der Waals surface area contributed by atoms with E-state index in [-0.39, 0.29) is 0 Å². The van der Waals surface area contributed by atoms with Crippen LogP contribution in [0.5, 0.6) is 0 Å². The minimum atomic E-state index is -2.25. The summed E-state index contributed by atoms with van der Waals surface area (Å²) in [4.78, 5) is 3.88. The van der Waals surface area contributed by atoms with Crippen LogP contribution in [0.3, 0.4) is 0 Å². The van der Waals surface area contributed by atoms with Crippen LogP contribution in [0.4, 0.5) is 8.78 Å². The molecule has 2 nitrogen and oxygen atoms in total. The first-order valence-electron chi connectivity index (χ1n) is 5.04. The van der Waals surface area contributed by atoms with E-state index in [1.54, 1.807) is 6.08 Å². The van der Waals surface area contributed by atoms with Crippen molar-refractivity contribution in [2.75, 3.05) is 32.7 Å². The lowest BCUT2D eigenvalue weighted by Gasteiger charge is -2.40. The third kappa shape index (κ3) is 2.75. The van der Waals surface area contributed by atoms with E-state index in [0.717, 1.165) is 13.1 Å². The lowest BCUT2D eigenvalue weighted by Crippen LogP contribution is -2.55. The van der Waals surface area contributed by atoms with Gasteiger partial charge in [-0.3, -0.25) is 9.80 Å². The van der Waals surface area contributed by atoms with E-state index < -0.39 is 12.5 Å². The molecule has 0 aliphatic carbocycles. The molecule has 82 valence electrons. The largest absolute Gasteiger partial charge is 0.297 e. The highest BCUT2D eigenvalue weighted by molar-refractivity contribution is 4.86. The highest BCUT2D eigenvalue weighted by Gasteiger charge is 2.31. The molecule has 1 rings (SSSR count). The van der Waals surface area contributed by atoms with Gasteiger partial charge in [-0.05, 0) is 6.54 Å². The minimum Gasteiger partial charge on any atom is -0.297 e. The molecule has 1 atom stereocenters. The van der Waals surface area contributed by atoms with Gasteiger partial charge in [0.25, 0.3) is 6.43 Å². The van der Waals surface area contributed by atoms with Crippen molar-refractivity contribution in [3.8, 4) is 0 Å². The Hall–Kier alpha value is -0.480. The zero-order chi connectivity index (χ0) is 10.6. The van der Waals surface area contributed by atoms with Crippen LogP contribution >= 0.6 is 0 Å². The summed E-state index contributed by atoms with van der Waals surface area (Å²) in [5.74, 6) is 0. The molecule has 0 N–H and O–H groups in total. The standard InChI is InChI=1S/C10H18F2N2/c1-3-5-13-6-7-14(4-2)9(8-13)10(11)12/h3,9-10H,1,4-8H2,2H3. The van der Waals surface area contributed by atoms with Crippen LogP contribution < -0.4 is 0 Å². The Kier molecular flexibility index (Phi) is 4.48. The van der Waals surface area contributed by atoms with Gasteiger partial charge in [-0.25, -0.2) is 8.78 Å². The van der Waals surface area contributed by atoms with Crippen molar-refractivity contribution in [1.29, 1.82) is 0 Å². The summed E-state index contributed by atoms with van der Waals surface area (Å²) in [7, 11) is 0. The van der Waals surface area contributed by atoms with Crippen LogP contribution in [-0.4, -0.2) is 55.0 Å². The first kappa shape index (κ1) is 11.6. The van der Waals surface area contributed by atoms with Gasteiger partial charge in [-0.2, -0.15) is 0 Å². The second-order valence-electron chi connectivity index (χ2n) is 3.58. The van der Waals surface area contributed by atoms with Crippen LogP contribution in [0.15, 0.2) is 12.7 Å². The highest BCUT2D eigenvalue weighted by atomic mass is 19.3. The lowest BCUT2D eigenvalue weighted by molar-refractivity contribution is -0.0186. The number of rotatable bonds is 4. The maximum Gasteiger partial charge on any atom is 0.255 e. The molecular weight excluding hydrogens is 186 g/mol. The van der Waals surface area contributed by atoms with Gasteiger partial charge in [-0.15, -0.1) is 6.58 Å². The fourth-order valence-corrected chi connectivity index (χ4v) is 1.89. The maximum absolute atomic E-state index is 12.7. The summed E-state index contributed by atoms with van der Waals surface area (Å²) in [6.07, 6.45) is -0.480. The number of hydrogen-bond acceptors (Lipinski definition) is 2. The molecule has 4 heteroatoms. The molecule has 0 aromatic carbocycles. The molecule has 1 aliphatic heterocycles. The maximum atomic E-state index is 12.7. The molecular formula is C10H18F2N2. The first-order valence-corrected chi connectivity index (χ1v) is 5.04. The summed E-state index contributed by atoms with van der Waals surface area (Å²) < 4.78 is 25.4. The van der Waals surface area contributed by atoms with Crippen LogP contribution in [0.25, 0.3) is 0 Å². The van der Waals surface area contributed by atoms with Gasteiger partial charge < -0.3 is 0 Å². The topological polar surface area (TPSA) is 6.48 Å². The van der Waals surface area contributed by atoms with Crippen molar-refractivity contribution in [2.45, 2.75) is 19.4 Å². The average molecular weight is 204 g/mol. The smallest absolute Gasteiger partial charge is 0.255 e. The molecule has 0 aromatic heterocycles. The van der Waals surface area contributed by atoms with E-state index in [1.165, 1.54) is 0 Å². The number of likely N-dealkylation sites (N-methyl/N-ethyl adjacent to an activating group) is 1. The molecule has 0 spiro atoms. The van der Waals surface area contributed by atoms with Crippen LogP contribution in [0.2, 0.25) is 0 Å². The summed E-state index contributed by atoms with van der Waals surface area (Å²) >= 11 is 0. The zero-order valence-corrected chi connectivity index (χ0v) is 8.63. The van der Waals surface area contributed by atoms with E-state index in [2.05, 4.69) is 6.58 Å². The number of nitrogens with zero attached hydrogens (tertiary/aromatic N) is 2. The molecule has 14 heavy (non-hydrogen) atoms. The Bertz CT molecular complexity index is 185. The fourth-order valence-electron chi connectivity index (χ4n) is 1.89. The first-order chi connectivity index (χ1) is 6.69. The molecule has 0 bridgehead atoms. The zero-order valence-electron chi connectivity index (χ0n) is 8.63. The second-order valence-corrected chi connectivity index (χ2v) is 3.58. The molecule has 0 radical (unpaired) electrons. The van der Waals surface area contributed by atoms with Gasteiger partial charge in [0.15, 0.2) is 0 Å². The monoisotopic (exact) mass is 204 g/mol. The summed E-state index contributed by atoms with van der Waals surface area (Å²) in [6, 6.07) is -0.603. The number of alkyl halides is 2. The van der Waals surface area contributed by atoms with Gasteiger partial charge in [0.1, 0.15) is 0 Å². The Balaban J connectivity index is 2.52. The molecule has 1 unspecified atom stereocenters. The normalized spacial score (nSPS) is 25.6. The third-order valence-corrected chi connectivity index (χ3v) is 2.70. The molecule has 0 aromatic rings. The number of halogens is 2. The van der Waals surface area contributed by atoms with Crippen molar-refractivity contribution < 1.29 is 8.78 Å². The molecule has 0 saturated carbocycles. The van der Waals surface area contributed by atoms with Crippen molar-refractivity contribution in [1.82, 2.24) is 9.80 Å². The van der Waals surface area contributed by atoms with Gasteiger partial charge in [0.05, 0.1) is 6.04 Å². The molecule has 1 aliphatic rings. The Morgan fingerprint density at radius 1 is 1.50 bits per heavy atom. The lowest BCUT2D eigenvalue weighted by atomic mass is 10.1. The van der Waals surface area contributed by atoms with Crippen LogP contribution in [0.1, 0.15) is 6.92 Å². The quantitative estimate of drug-likeness (QED) is 0.639. The predicted molar refractivity (Wildman–Crippen MR) is 53.7 cm³/mol. The highest BCUT2D eigenvalue weighted by Crippen LogP contribution is 2.15. The number of hydrogen-bond donors (Lipinski definition) is 0. The van der Waals surface area contributed by atoms with E-state index in [4.69, 9.17) is 0 Å². The number of piperazine rings is 1. The minimum absolute atomic E-state index is 0.456. The SMILES string of the molecule is C=CCN1CCN(CC)C(C(F)F)C1. The summed E-state index contributed by atoms with van der Waals surface area (Å²) in [6.45, 7) is 9.02. The van der Waals surface area contributed by atoms with Gasteiger partial charge in [-0.1, -0.05) is 13.0 Å². The molecule has 1 fully saturated rings. The van der Waals surface area contributed by atoms with Crippen molar-refractivity contribution in [3.05, 3.63) is 12.7 Å². The predicted octanol–water partition coefficient (Wildman–Crippen LogP) is 1.44. The summed E-state index contributed by atoms with van der Waals surface area (Å²) in [5, 5.41) is 0. The average Bonchev–Trinajstić information content (AvgIpc) is 2.18. The van der Waals surface area contributed by atoms with Crippen molar-refractivity contribution in [3.63, 3.8) is 0 Å². The van der Waals surface area contributed by atoms with Gasteiger partial charge in [0, 0.05) is 26.2 Å². The summed E-state index contributed by atoms with van der Waals surface area (Å²) in [5.41, 5.74) is 0. The van der Waals surface area contributed by atoms with Crippen LogP contribution in [-0.2, 0) is 0 Å². The molecule has 0 amide bonds. The Labute approximate surface area is 84.2 Å². The van der Waals surface area contributed by atoms with Gasteiger partial charge in [0.2, 0.25) is 0 Å². The van der Waals surface area contributed by atoms with E-state index in [1.807, 2.05) is 16.7 Å². The molecule has 1 saturated heterocycles. The van der Waals surface area contributed by atoms with Gasteiger partial charge >= 0.3 is 0 Å². The Morgan fingerprint density at radius 3 is 2.71 bits per heavy atom. The van der Waals surface area contributed by atoms with Crippen molar-refractivity contribution >= 4 is 0 Å². The van der Waals surface area contributed by atoms with Crippen LogP contribution in [0, 0.1) is 0 Å². The fraction of sp³-hybridized carbons (Fsp3) is 0.800. The molecule has 1 heterocycles. The Morgan fingerprint density at radius 2 is 2.21 bits per heavy atom. The van der Waals surface area contributed by atoms with E-state index >= 15 is 0 Å². The van der Waals surface area contributed by atoms with E-state index in [0.29, 0.717) is 19.6 Å².